The van der Waals surface area contributed by atoms with E-state index < -0.39 is 12.0 Å². The molecule has 0 aromatic heterocycles. The van der Waals surface area contributed by atoms with E-state index in [1.54, 1.807) is 0 Å². The molecule has 1 rings (SSSR count). The molecule has 1 aromatic rings. The Balaban J connectivity index is 2.57. The molecule has 0 aliphatic rings. The molecule has 1 aromatic carbocycles. The maximum Gasteiger partial charge on any atom is 0.323 e. The van der Waals surface area contributed by atoms with Crippen molar-refractivity contribution in [2.24, 2.45) is 0 Å². The van der Waals surface area contributed by atoms with Gasteiger partial charge in [-0.1, -0.05) is 50.1 Å². The van der Waals surface area contributed by atoms with Gasteiger partial charge in [-0.3, -0.25) is 4.79 Å². The van der Waals surface area contributed by atoms with Crippen LogP contribution in [0.3, 0.4) is 0 Å². The van der Waals surface area contributed by atoms with Gasteiger partial charge in [0.25, 0.3) is 0 Å². The third-order valence-electron chi connectivity index (χ3n) is 2.87. The zero-order valence-electron chi connectivity index (χ0n) is 10.7. The van der Waals surface area contributed by atoms with E-state index >= 15 is 0 Å². The van der Waals surface area contributed by atoms with Crippen molar-refractivity contribution in [3.05, 3.63) is 35.9 Å². The van der Waals surface area contributed by atoms with Crippen molar-refractivity contribution in [3.63, 3.8) is 0 Å². The molecule has 0 saturated heterocycles. The summed E-state index contributed by atoms with van der Waals surface area (Å²) in [6, 6.07) is 8.05. The second-order valence-electron chi connectivity index (χ2n) is 4.37. The standard InChI is InChI=1S/C14H20FNO2/c1-2-3-7-10-16(15)13(14(17)18)11-12-8-5-4-6-9-12/h4-6,8-9,13H,2-3,7,10-11H2,1H3,(H,17,18). The van der Waals surface area contributed by atoms with Crippen LogP contribution in [0.4, 0.5) is 4.48 Å². The van der Waals surface area contributed by atoms with Crippen molar-refractivity contribution in [2.45, 2.75) is 38.6 Å². The molecule has 0 heterocycles. The van der Waals surface area contributed by atoms with E-state index in [9.17, 15) is 9.28 Å². The van der Waals surface area contributed by atoms with Crippen LogP contribution in [0.15, 0.2) is 30.3 Å². The fourth-order valence-corrected chi connectivity index (χ4v) is 1.81. The van der Waals surface area contributed by atoms with Gasteiger partial charge in [-0.05, 0) is 12.0 Å². The summed E-state index contributed by atoms with van der Waals surface area (Å²) in [5.74, 6) is -1.11. The lowest BCUT2D eigenvalue weighted by Crippen LogP contribution is -2.38. The number of carboxylic acids is 1. The van der Waals surface area contributed by atoms with Crippen molar-refractivity contribution in [1.29, 1.82) is 0 Å². The highest BCUT2D eigenvalue weighted by Gasteiger charge is 2.25. The monoisotopic (exact) mass is 253 g/mol. The molecule has 4 heteroatoms. The summed E-state index contributed by atoms with van der Waals surface area (Å²) >= 11 is 0. The molecule has 0 radical (unpaired) electrons. The molecule has 0 bridgehead atoms. The van der Waals surface area contributed by atoms with Crippen molar-refractivity contribution in [3.8, 4) is 0 Å². The number of carboxylic acid groups (broad SMARTS) is 1. The van der Waals surface area contributed by atoms with Crippen molar-refractivity contribution in [2.75, 3.05) is 6.54 Å². The number of rotatable bonds is 8. The van der Waals surface area contributed by atoms with Gasteiger partial charge >= 0.3 is 5.97 Å². The Labute approximate surface area is 107 Å². The van der Waals surface area contributed by atoms with Gasteiger partial charge in [0, 0.05) is 13.0 Å². The molecule has 0 amide bonds. The number of hydrogen-bond donors (Lipinski definition) is 1. The molecule has 1 atom stereocenters. The summed E-state index contributed by atoms with van der Waals surface area (Å²) in [6.07, 6.45) is 2.78. The topological polar surface area (TPSA) is 40.5 Å². The average Bonchev–Trinajstić information content (AvgIpc) is 2.37. The van der Waals surface area contributed by atoms with E-state index in [0.29, 0.717) is 11.5 Å². The highest BCUT2D eigenvalue weighted by atomic mass is 19.2. The predicted octanol–water partition coefficient (Wildman–Crippen LogP) is 3.06. The number of unbranched alkanes of at least 4 members (excludes halogenated alkanes) is 2. The Kier molecular flexibility index (Phi) is 6.36. The molecule has 1 unspecified atom stereocenters. The Morgan fingerprint density at radius 2 is 2.00 bits per heavy atom. The summed E-state index contributed by atoms with van der Waals surface area (Å²) in [4.78, 5) is 11.1. The number of halogens is 1. The molecule has 100 valence electrons. The fourth-order valence-electron chi connectivity index (χ4n) is 1.81. The Bertz CT molecular complexity index is 356. The van der Waals surface area contributed by atoms with E-state index in [1.165, 1.54) is 0 Å². The maximum absolute atomic E-state index is 13.8. The molecular formula is C14H20FNO2. The minimum absolute atomic E-state index is 0.178. The van der Waals surface area contributed by atoms with E-state index in [4.69, 9.17) is 5.11 Å². The van der Waals surface area contributed by atoms with Crippen LogP contribution >= 0.6 is 0 Å². The quantitative estimate of drug-likeness (QED) is 0.572. The first-order chi connectivity index (χ1) is 8.65. The number of carbonyl (C=O) groups is 1. The van der Waals surface area contributed by atoms with Crippen LogP contribution in [0.25, 0.3) is 0 Å². The Morgan fingerprint density at radius 1 is 1.33 bits per heavy atom. The lowest BCUT2D eigenvalue weighted by molar-refractivity contribution is -0.151. The molecule has 3 nitrogen and oxygen atoms in total. The lowest BCUT2D eigenvalue weighted by atomic mass is 10.1. The molecule has 0 aliphatic heterocycles. The van der Waals surface area contributed by atoms with Crippen LogP contribution in [0.1, 0.15) is 31.7 Å². The zero-order valence-corrected chi connectivity index (χ0v) is 10.7. The second kappa shape index (κ2) is 7.82. The third kappa shape index (κ3) is 4.84. The van der Waals surface area contributed by atoms with Crippen LogP contribution in [-0.2, 0) is 11.2 Å². The highest BCUT2D eigenvalue weighted by Crippen LogP contribution is 2.11. The van der Waals surface area contributed by atoms with E-state index in [0.717, 1.165) is 18.4 Å². The first-order valence-corrected chi connectivity index (χ1v) is 6.34. The van der Waals surface area contributed by atoms with Crippen LogP contribution in [0, 0.1) is 0 Å². The predicted molar refractivity (Wildman–Crippen MR) is 68.9 cm³/mol. The summed E-state index contributed by atoms with van der Waals surface area (Å²) < 4.78 is 13.8. The molecule has 1 N–H and O–H groups in total. The highest BCUT2D eigenvalue weighted by molar-refractivity contribution is 5.73. The van der Waals surface area contributed by atoms with Gasteiger partial charge in [0.15, 0.2) is 0 Å². The molecule has 0 saturated carbocycles. The summed E-state index contributed by atoms with van der Waals surface area (Å²) in [6.45, 7) is 2.21. The molecule has 0 aliphatic carbocycles. The average molecular weight is 253 g/mol. The fraction of sp³-hybridized carbons (Fsp3) is 0.500. The molecular weight excluding hydrogens is 233 g/mol. The maximum atomic E-state index is 13.8. The Hall–Kier alpha value is -1.42. The van der Waals surface area contributed by atoms with Crippen LogP contribution in [-0.4, -0.2) is 28.8 Å². The van der Waals surface area contributed by atoms with Gasteiger partial charge in [-0.2, -0.15) is 0 Å². The molecule has 0 fully saturated rings. The minimum atomic E-state index is -1.11. The SMILES string of the molecule is CCCCCN(F)C(Cc1ccccc1)C(=O)O. The van der Waals surface area contributed by atoms with Crippen molar-refractivity contribution in [1.82, 2.24) is 5.12 Å². The van der Waals surface area contributed by atoms with Gasteiger partial charge in [-0.25, -0.2) is 0 Å². The van der Waals surface area contributed by atoms with Gasteiger partial charge < -0.3 is 5.11 Å². The first-order valence-electron chi connectivity index (χ1n) is 6.34. The first kappa shape index (κ1) is 14.6. The molecule has 0 spiro atoms. The summed E-state index contributed by atoms with van der Waals surface area (Å²) in [5.41, 5.74) is 0.836. The number of benzene rings is 1. The minimum Gasteiger partial charge on any atom is -0.480 e. The van der Waals surface area contributed by atoms with Gasteiger partial charge in [0.05, 0.1) is 0 Å². The Morgan fingerprint density at radius 3 is 2.56 bits per heavy atom. The van der Waals surface area contributed by atoms with Crippen LogP contribution in [0.2, 0.25) is 0 Å². The number of aliphatic carboxylic acids is 1. The van der Waals surface area contributed by atoms with Gasteiger partial charge in [0.1, 0.15) is 6.04 Å². The van der Waals surface area contributed by atoms with Crippen LogP contribution < -0.4 is 0 Å². The number of nitrogens with zero attached hydrogens (tertiary/aromatic N) is 1. The van der Waals surface area contributed by atoms with Gasteiger partial charge in [-0.15, -0.1) is 9.60 Å². The zero-order chi connectivity index (χ0) is 13.4. The second-order valence-corrected chi connectivity index (χ2v) is 4.37. The third-order valence-corrected chi connectivity index (χ3v) is 2.87. The van der Waals surface area contributed by atoms with E-state index in [2.05, 4.69) is 0 Å². The lowest BCUT2D eigenvalue weighted by Gasteiger charge is -2.20. The summed E-state index contributed by atoms with van der Waals surface area (Å²) in [7, 11) is 0. The van der Waals surface area contributed by atoms with Crippen molar-refractivity contribution < 1.29 is 14.4 Å². The largest absolute Gasteiger partial charge is 0.480 e. The van der Waals surface area contributed by atoms with Crippen molar-refractivity contribution >= 4 is 5.97 Å². The molecule has 18 heavy (non-hydrogen) atoms. The smallest absolute Gasteiger partial charge is 0.323 e. The number of hydrogen-bond acceptors (Lipinski definition) is 2. The van der Waals surface area contributed by atoms with E-state index in [1.807, 2.05) is 37.3 Å². The van der Waals surface area contributed by atoms with E-state index in [-0.39, 0.29) is 13.0 Å². The van der Waals surface area contributed by atoms with Gasteiger partial charge in [0.2, 0.25) is 0 Å². The normalized spacial score (nSPS) is 12.6. The summed E-state index contributed by atoms with van der Waals surface area (Å²) in [5, 5.41) is 9.53. The van der Waals surface area contributed by atoms with Crippen LogP contribution in [0.5, 0.6) is 0 Å².